The van der Waals surface area contributed by atoms with Crippen LogP contribution >= 0.6 is 0 Å². The Morgan fingerprint density at radius 3 is 2.72 bits per heavy atom. The van der Waals surface area contributed by atoms with E-state index in [1.165, 1.54) is 18.4 Å². The van der Waals surface area contributed by atoms with E-state index in [-0.39, 0.29) is 18.6 Å². The molecule has 0 unspecified atom stereocenters. The lowest BCUT2D eigenvalue weighted by atomic mass is 9.86. The summed E-state index contributed by atoms with van der Waals surface area (Å²) >= 11 is 0. The summed E-state index contributed by atoms with van der Waals surface area (Å²) in [7, 11) is 0. The molecule has 1 saturated heterocycles. The van der Waals surface area contributed by atoms with Gasteiger partial charge in [-0.25, -0.2) is 9.78 Å². The molecule has 1 fully saturated rings. The normalized spacial score (nSPS) is 22.0. The molecule has 0 aliphatic carbocycles. The molecule has 1 atom stereocenters. The molecule has 2 aromatic heterocycles. The van der Waals surface area contributed by atoms with Crippen LogP contribution in [0, 0.1) is 0 Å². The van der Waals surface area contributed by atoms with E-state index in [4.69, 9.17) is 9.72 Å². The van der Waals surface area contributed by atoms with Gasteiger partial charge in [0.25, 0.3) is 5.56 Å². The Morgan fingerprint density at radius 2 is 1.94 bits per heavy atom. The number of para-hydroxylation sites is 1. The van der Waals surface area contributed by atoms with E-state index in [0.29, 0.717) is 23.4 Å². The van der Waals surface area contributed by atoms with E-state index in [0.717, 1.165) is 41.8 Å². The summed E-state index contributed by atoms with van der Waals surface area (Å²) in [5.74, 6) is -0.698. The number of likely N-dealkylation sites (tertiary alicyclic amines) is 1. The van der Waals surface area contributed by atoms with Crippen LogP contribution < -0.4 is 5.56 Å². The Kier molecular flexibility index (Phi) is 4.29. The highest BCUT2D eigenvalue weighted by Gasteiger charge is 2.45. The van der Waals surface area contributed by atoms with Crippen molar-refractivity contribution in [2.24, 2.45) is 0 Å². The first-order chi connectivity index (χ1) is 15.5. The second kappa shape index (κ2) is 6.98. The highest BCUT2D eigenvalue weighted by atomic mass is 16.6. The molecule has 1 N–H and O–H groups in total. The summed E-state index contributed by atoms with van der Waals surface area (Å²) in [6.45, 7) is 5.03. The maximum absolute atomic E-state index is 13.5. The van der Waals surface area contributed by atoms with Gasteiger partial charge in [0.1, 0.15) is 6.61 Å². The van der Waals surface area contributed by atoms with Crippen LogP contribution in [0.3, 0.4) is 0 Å². The first-order valence-electron chi connectivity index (χ1n) is 11.3. The molecule has 7 heteroatoms. The lowest BCUT2D eigenvalue weighted by Crippen LogP contribution is -2.44. The van der Waals surface area contributed by atoms with Gasteiger partial charge in [-0.2, -0.15) is 0 Å². The molecule has 164 valence electrons. The van der Waals surface area contributed by atoms with E-state index >= 15 is 0 Å². The van der Waals surface area contributed by atoms with Gasteiger partial charge < -0.3 is 14.4 Å². The number of aliphatic hydroxyl groups is 1. The lowest BCUT2D eigenvalue weighted by molar-refractivity contribution is -0.172. The van der Waals surface area contributed by atoms with Gasteiger partial charge in [0.05, 0.1) is 29.0 Å². The van der Waals surface area contributed by atoms with Gasteiger partial charge in [-0.05, 0) is 50.0 Å². The predicted octanol–water partition coefficient (Wildman–Crippen LogP) is 2.68. The maximum atomic E-state index is 13.5. The zero-order valence-corrected chi connectivity index (χ0v) is 18.1. The van der Waals surface area contributed by atoms with Gasteiger partial charge in [0.2, 0.25) is 0 Å². The highest BCUT2D eigenvalue weighted by molar-refractivity contribution is 5.89. The SMILES string of the molecule is CC[C@@]1(O)C(=O)OCc2c1cc1n(c2=O)Cc2c-1nc1ccccc1c2CN1CCCC1. The van der Waals surface area contributed by atoms with Crippen molar-refractivity contribution in [1.29, 1.82) is 0 Å². The third-order valence-corrected chi connectivity index (χ3v) is 7.29. The maximum Gasteiger partial charge on any atom is 0.343 e. The van der Waals surface area contributed by atoms with Crippen molar-refractivity contribution in [3.8, 4) is 11.4 Å². The fourth-order valence-corrected chi connectivity index (χ4v) is 5.46. The summed E-state index contributed by atoms with van der Waals surface area (Å²) in [5.41, 5.74) is 3.30. The first-order valence-corrected chi connectivity index (χ1v) is 11.3. The number of ether oxygens (including phenoxy) is 1. The van der Waals surface area contributed by atoms with Crippen LogP contribution in [0.25, 0.3) is 22.3 Å². The number of carbonyl (C=O) groups excluding carboxylic acids is 1. The van der Waals surface area contributed by atoms with Crippen molar-refractivity contribution in [3.05, 3.63) is 62.9 Å². The first kappa shape index (κ1) is 19.6. The molecular weight excluding hydrogens is 406 g/mol. The molecular formula is C25H25N3O4. The summed E-state index contributed by atoms with van der Waals surface area (Å²) in [5, 5.41) is 12.2. The second-order valence-corrected chi connectivity index (χ2v) is 9.02. The molecule has 0 bridgehead atoms. The number of hydrogen-bond donors (Lipinski definition) is 1. The van der Waals surface area contributed by atoms with Gasteiger partial charge in [0, 0.05) is 23.1 Å². The number of esters is 1. The largest absolute Gasteiger partial charge is 0.458 e. The molecule has 1 aromatic carbocycles. The van der Waals surface area contributed by atoms with Gasteiger partial charge in [-0.3, -0.25) is 9.69 Å². The molecule has 7 nitrogen and oxygen atoms in total. The lowest BCUT2D eigenvalue weighted by Gasteiger charge is -2.31. The van der Waals surface area contributed by atoms with Crippen LogP contribution in [0.4, 0.5) is 0 Å². The number of fused-ring (bicyclic) bond motifs is 5. The van der Waals surface area contributed by atoms with Crippen LogP contribution in [-0.4, -0.2) is 38.6 Å². The summed E-state index contributed by atoms with van der Waals surface area (Å²) in [6.07, 6.45) is 2.56. The zero-order chi connectivity index (χ0) is 22.0. The minimum Gasteiger partial charge on any atom is -0.458 e. The minimum absolute atomic E-state index is 0.109. The average molecular weight is 431 g/mol. The van der Waals surface area contributed by atoms with Gasteiger partial charge >= 0.3 is 5.97 Å². The molecule has 0 amide bonds. The second-order valence-electron chi connectivity index (χ2n) is 9.02. The highest BCUT2D eigenvalue weighted by Crippen LogP contribution is 2.40. The number of cyclic esters (lactones) is 1. The van der Waals surface area contributed by atoms with Gasteiger partial charge in [-0.15, -0.1) is 0 Å². The van der Waals surface area contributed by atoms with Crippen molar-refractivity contribution in [1.82, 2.24) is 14.5 Å². The Labute approximate surface area is 185 Å². The number of nitrogens with zero attached hydrogens (tertiary/aromatic N) is 3. The van der Waals surface area contributed by atoms with E-state index in [1.54, 1.807) is 17.6 Å². The van der Waals surface area contributed by atoms with E-state index in [9.17, 15) is 14.7 Å². The smallest absolute Gasteiger partial charge is 0.343 e. The van der Waals surface area contributed by atoms with Crippen molar-refractivity contribution in [3.63, 3.8) is 0 Å². The molecule has 5 heterocycles. The Bertz CT molecular complexity index is 1340. The van der Waals surface area contributed by atoms with Crippen molar-refractivity contribution in [2.75, 3.05) is 13.1 Å². The van der Waals surface area contributed by atoms with E-state index in [1.807, 2.05) is 18.2 Å². The standard InChI is InChI=1S/C25H25N3O4/c1-2-25(31)19-11-21-22-17(13-28(21)23(29)18(19)14-32-24(25)30)16(12-27-9-5-6-10-27)15-7-3-4-8-20(15)26-22/h3-4,7-8,11,31H,2,5-6,9-10,12-14H2,1H3/t25-/m0/s1. The number of carbonyl (C=O) groups is 1. The topological polar surface area (TPSA) is 84.7 Å². The van der Waals surface area contributed by atoms with Crippen molar-refractivity contribution >= 4 is 16.9 Å². The number of hydrogen-bond acceptors (Lipinski definition) is 6. The number of rotatable bonds is 3. The molecule has 3 aliphatic heterocycles. The van der Waals surface area contributed by atoms with Gasteiger partial charge in [-0.1, -0.05) is 25.1 Å². The minimum atomic E-state index is -1.81. The van der Waals surface area contributed by atoms with Crippen LogP contribution in [0.5, 0.6) is 0 Å². The van der Waals surface area contributed by atoms with Crippen LogP contribution in [0.15, 0.2) is 35.1 Å². The Balaban J connectivity index is 1.60. The average Bonchev–Trinajstić information content (AvgIpc) is 3.45. The molecule has 3 aromatic rings. The number of aromatic nitrogens is 2. The zero-order valence-electron chi connectivity index (χ0n) is 18.1. The van der Waals surface area contributed by atoms with Gasteiger partial charge in [0.15, 0.2) is 5.60 Å². The fraction of sp³-hybridized carbons (Fsp3) is 0.400. The number of pyridine rings is 2. The summed E-state index contributed by atoms with van der Waals surface area (Å²) < 4.78 is 6.90. The van der Waals surface area contributed by atoms with E-state index < -0.39 is 11.6 Å². The molecule has 0 saturated carbocycles. The van der Waals surface area contributed by atoms with Crippen LogP contribution in [0.2, 0.25) is 0 Å². The third kappa shape index (κ3) is 2.64. The van der Waals surface area contributed by atoms with Crippen molar-refractivity contribution < 1.29 is 14.6 Å². The molecule has 0 radical (unpaired) electrons. The van der Waals surface area contributed by atoms with Crippen molar-refractivity contribution in [2.45, 2.75) is 51.5 Å². The third-order valence-electron chi connectivity index (χ3n) is 7.29. The molecule has 6 rings (SSSR count). The van der Waals surface area contributed by atoms with Crippen LogP contribution in [0.1, 0.15) is 48.4 Å². The van der Waals surface area contributed by atoms with E-state index in [2.05, 4.69) is 11.0 Å². The predicted molar refractivity (Wildman–Crippen MR) is 119 cm³/mol. The quantitative estimate of drug-likeness (QED) is 0.502. The summed E-state index contributed by atoms with van der Waals surface area (Å²) in [6, 6.07) is 9.90. The Hall–Kier alpha value is -3.03. The molecule has 32 heavy (non-hydrogen) atoms. The monoisotopic (exact) mass is 431 g/mol. The Morgan fingerprint density at radius 1 is 1.16 bits per heavy atom. The molecule has 0 spiro atoms. The fourth-order valence-electron chi connectivity index (χ4n) is 5.46. The molecule has 3 aliphatic rings. The summed E-state index contributed by atoms with van der Waals surface area (Å²) in [4.78, 5) is 33.2. The van der Waals surface area contributed by atoms with Crippen LogP contribution in [-0.2, 0) is 34.8 Å². The number of benzene rings is 1.